The minimum absolute atomic E-state index is 0.112. The number of hydrogen-bond donors (Lipinski definition) is 3. The molecule has 1 atom stereocenters. The van der Waals surface area contributed by atoms with Crippen LogP contribution in [0.25, 0.3) is 0 Å². The van der Waals surface area contributed by atoms with Gasteiger partial charge in [0.15, 0.2) is 9.84 Å². The van der Waals surface area contributed by atoms with Crippen LogP contribution in [-0.4, -0.2) is 28.1 Å². The van der Waals surface area contributed by atoms with Crippen LogP contribution in [0.3, 0.4) is 0 Å². The van der Waals surface area contributed by atoms with Crippen molar-refractivity contribution in [2.24, 2.45) is 0 Å². The molecule has 0 aliphatic carbocycles. The predicted octanol–water partition coefficient (Wildman–Crippen LogP) is 5.16. The molecule has 3 aromatic carbocycles. The van der Waals surface area contributed by atoms with Gasteiger partial charge in [0.2, 0.25) is 0 Å². The van der Waals surface area contributed by atoms with E-state index in [2.05, 4.69) is 16.0 Å². The number of nitrogens with one attached hydrogen (secondary N) is 3. The summed E-state index contributed by atoms with van der Waals surface area (Å²) in [6.07, 6.45) is 0.883. The van der Waals surface area contributed by atoms with Gasteiger partial charge >= 0.3 is 6.03 Å². The van der Waals surface area contributed by atoms with Crippen molar-refractivity contribution in [1.82, 2.24) is 10.6 Å². The van der Waals surface area contributed by atoms with E-state index < -0.39 is 15.9 Å². The number of carbonyl (C=O) groups excluding carboxylic acids is 1. The third kappa shape index (κ3) is 5.83. The summed E-state index contributed by atoms with van der Waals surface area (Å²) < 4.78 is 31.7. The number of benzene rings is 3. The second-order valence-corrected chi connectivity index (χ2v) is 11.3. The van der Waals surface area contributed by atoms with Crippen molar-refractivity contribution in [1.29, 1.82) is 0 Å². The lowest BCUT2D eigenvalue weighted by molar-refractivity contribution is 0.249. The Morgan fingerprint density at radius 3 is 2.72 bits per heavy atom. The molecule has 0 aromatic heterocycles. The quantitative estimate of drug-likeness (QED) is 0.394. The zero-order valence-corrected chi connectivity index (χ0v) is 22.1. The molecule has 7 nitrogen and oxygen atoms in total. The number of anilines is 1. The first-order valence-electron chi connectivity index (χ1n) is 11.7. The van der Waals surface area contributed by atoms with Gasteiger partial charge in [-0.05, 0) is 66.8 Å². The lowest BCUT2D eigenvalue weighted by atomic mass is 9.99. The molecule has 3 N–H and O–H groups in total. The minimum Gasteiger partial charge on any atom is -0.495 e. The van der Waals surface area contributed by atoms with Crippen LogP contribution in [0.15, 0.2) is 59.5 Å². The van der Waals surface area contributed by atoms with Crippen molar-refractivity contribution in [2.45, 2.75) is 43.5 Å². The number of ether oxygens (including phenoxy) is 1. The van der Waals surface area contributed by atoms with Gasteiger partial charge in [0.05, 0.1) is 29.5 Å². The van der Waals surface area contributed by atoms with Gasteiger partial charge in [0, 0.05) is 17.6 Å². The summed E-state index contributed by atoms with van der Waals surface area (Å²) in [4.78, 5) is 12.8. The van der Waals surface area contributed by atoms with Crippen LogP contribution >= 0.6 is 11.6 Å². The standard InChI is InChI=1S/C27H30ClN3O4S/c1-17-5-4-6-23(26(17)28)18(2)30-27(32)31-24-10-9-22(14-25(24)35-3)36(33,34)16-19-7-8-21-15-29-12-11-20(21)13-19/h4-10,13-14,18,29H,11-12,15-16H2,1-3H3,(H2,30,31,32)/t18-/m0/s1. The van der Waals surface area contributed by atoms with E-state index in [4.69, 9.17) is 16.3 Å². The largest absolute Gasteiger partial charge is 0.495 e. The lowest BCUT2D eigenvalue weighted by Crippen LogP contribution is -2.31. The molecule has 2 amide bonds. The van der Waals surface area contributed by atoms with E-state index in [1.54, 1.807) is 0 Å². The van der Waals surface area contributed by atoms with Crippen LogP contribution < -0.4 is 20.7 Å². The van der Waals surface area contributed by atoms with Crippen molar-refractivity contribution >= 4 is 33.2 Å². The average molecular weight is 528 g/mol. The Morgan fingerprint density at radius 2 is 1.94 bits per heavy atom. The molecule has 0 saturated carbocycles. The number of urea groups is 1. The Bertz CT molecular complexity index is 1390. The number of aryl methyl sites for hydroxylation is 1. The normalized spacial score (nSPS) is 14.0. The average Bonchev–Trinajstić information content (AvgIpc) is 2.85. The molecule has 9 heteroatoms. The molecule has 4 rings (SSSR count). The van der Waals surface area contributed by atoms with E-state index in [1.807, 2.05) is 50.2 Å². The number of rotatable bonds is 7. The summed E-state index contributed by atoms with van der Waals surface area (Å²) in [6.45, 7) is 5.43. The van der Waals surface area contributed by atoms with Crippen molar-refractivity contribution < 1.29 is 17.9 Å². The molecule has 1 aliphatic rings. The Kier molecular flexibility index (Phi) is 7.88. The maximum absolute atomic E-state index is 13.2. The Hall–Kier alpha value is -3.07. The van der Waals surface area contributed by atoms with Gasteiger partial charge in [-0.3, -0.25) is 0 Å². The number of methoxy groups -OCH3 is 1. The number of fused-ring (bicyclic) bond motifs is 1. The van der Waals surface area contributed by atoms with Crippen LogP contribution in [0.4, 0.5) is 10.5 Å². The number of sulfone groups is 1. The smallest absolute Gasteiger partial charge is 0.319 e. The van der Waals surface area contributed by atoms with E-state index >= 15 is 0 Å². The molecule has 3 aromatic rings. The van der Waals surface area contributed by atoms with Gasteiger partial charge in [0.25, 0.3) is 0 Å². The highest BCUT2D eigenvalue weighted by atomic mass is 35.5. The van der Waals surface area contributed by atoms with E-state index in [9.17, 15) is 13.2 Å². The summed E-state index contributed by atoms with van der Waals surface area (Å²) in [5.41, 5.74) is 5.23. The van der Waals surface area contributed by atoms with Gasteiger partial charge in [-0.1, -0.05) is 48.0 Å². The van der Waals surface area contributed by atoms with E-state index in [-0.39, 0.29) is 22.4 Å². The van der Waals surface area contributed by atoms with Gasteiger partial charge in [-0.25, -0.2) is 13.2 Å². The summed E-state index contributed by atoms with van der Waals surface area (Å²) >= 11 is 6.38. The van der Waals surface area contributed by atoms with E-state index in [1.165, 1.54) is 36.4 Å². The molecular formula is C27H30ClN3O4S. The van der Waals surface area contributed by atoms with Crippen LogP contribution in [0.2, 0.25) is 5.02 Å². The summed E-state index contributed by atoms with van der Waals surface area (Å²) in [6, 6.07) is 15.1. The summed E-state index contributed by atoms with van der Waals surface area (Å²) in [5, 5.41) is 9.51. The van der Waals surface area contributed by atoms with Gasteiger partial charge in [0.1, 0.15) is 5.75 Å². The summed E-state index contributed by atoms with van der Waals surface area (Å²) in [5.74, 6) is 0.141. The molecule has 0 bridgehead atoms. The molecule has 0 unspecified atom stereocenters. The maximum atomic E-state index is 13.2. The molecule has 0 saturated heterocycles. The SMILES string of the molecule is COc1cc(S(=O)(=O)Cc2ccc3c(c2)CCNC3)ccc1NC(=O)N[C@@H](C)c1cccc(C)c1Cl. The lowest BCUT2D eigenvalue weighted by Gasteiger charge is -2.19. The van der Waals surface area contributed by atoms with Crippen LogP contribution in [0.5, 0.6) is 5.75 Å². The molecule has 0 fully saturated rings. The molecule has 190 valence electrons. The number of halogens is 1. The third-order valence-corrected chi connectivity index (χ3v) is 8.53. The zero-order chi connectivity index (χ0) is 25.9. The third-order valence-electron chi connectivity index (χ3n) is 6.33. The highest BCUT2D eigenvalue weighted by molar-refractivity contribution is 7.90. The zero-order valence-electron chi connectivity index (χ0n) is 20.5. The fourth-order valence-corrected chi connectivity index (χ4v) is 5.97. The molecular weight excluding hydrogens is 498 g/mol. The van der Waals surface area contributed by atoms with Crippen molar-refractivity contribution in [3.8, 4) is 5.75 Å². The number of hydrogen-bond acceptors (Lipinski definition) is 5. The first-order valence-corrected chi connectivity index (χ1v) is 13.8. The molecule has 1 heterocycles. The molecule has 0 radical (unpaired) electrons. The second-order valence-electron chi connectivity index (χ2n) is 8.95. The highest BCUT2D eigenvalue weighted by Gasteiger charge is 2.20. The Labute approximate surface area is 217 Å². The topological polar surface area (TPSA) is 96.5 Å². The second kappa shape index (κ2) is 10.9. The number of amides is 2. The fraction of sp³-hybridized carbons (Fsp3) is 0.296. The molecule has 36 heavy (non-hydrogen) atoms. The molecule has 1 aliphatic heterocycles. The predicted molar refractivity (Wildman–Crippen MR) is 142 cm³/mol. The van der Waals surface area contributed by atoms with Gasteiger partial charge in [-0.2, -0.15) is 0 Å². The van der Waals surface area contributed by atoms with E-state index in [0.29, 0.717) is 10.7 Å². The highest BCUT2D eigenvalue weighted by Crippen LogP contribution is 2.30. The first kappa shape index (κ1) is 26.0. The van der Waals surface area contributed by atoms with E-state index in [0.717, 1.165) is 36.2 Å². The minimum atomic E-state index is -3.62. The Morgan fingerprint density at radius 1 is 1.14 bits per heavy atom. The van der Waals surface area contributed by atoms with Gasteiger partial charge < -0.3 is 20.7 Å². The van der Waals surface area contributed by atoms with Crippen molar-refractivity contribution in [3.05, 3.63) is 87.4 Å². The first-order chi connectivity index (χ1) is 17.2. The monoisotopic (exact) mass is 527 g/mol. The Balaban J connectivity index is 1.47. The van der Waals surface area contributed by atoms with Crippen molar-refractivity contribution in [3.63, 3.8) is 0 Å². The van der Waals surface area contributed by atoms with Crippen molar-refractivity contribution in [2.75, 3.05) is 19.0 Å². The number of carbonyl (C=O) groups is 1. The van der Waals surface area contributed by atoms with Gasteiger partial charge in [-0.15, -0.1) is 0 Å². The van der Waals surface area contributed by atoms with Crippen LogP contribution in [-0.2, 0) is 28.6 Å². The summed E-state index contributed by atoms with van der Waals surface area (Å²) in [7, 11) is -2.19. The molecule has 0 spiro atoms. The van der Waals surface area contributed by atoms with Crippen LogP contribution in [0.1, 0.15) is 40.8 Å². The maximum Gasteiger partial charge on any atom is 0.319 e. The van der Waals surface area contributed by atoms with Crippen LogP contribution in [0, 0.1) is 6.92 Å². The fourth-order valence-electron chi connectivity index (χ4n) is 4.33.